The zero-order chi connectivity index (χ0) is 19.2. The smallest absolute Gasteiger partial charge is 0.417 e. The second-order valence-corrected chi connectivity index (χ2v) is 8.29. The molecule has 1 amide bonds. The summed E-state index contributed by atoms with van der Waals surface area (Å²) < 4.78 is 44.1. The number of nitrogens with zero attached hydrogens (tertiary/aromatic N) is 3. The Morgan fingerprint density at radius 1 is 1.19 bits per heavy atom. The van der Waals surface area contributed by atoms with E-state index in [1.807, 2.05) is 25.7 Å². The maximum atomic E-state index is 12.9. The number of amides is 1. The van der Waals surface area contributed by atoms with Gasteiger partial charge in [0.1, 0.15) is 5.60 Å². The number of ether oxygens (including phenoxy) is 1. The number of hydrogen-bond donors (Lipinski definition) is 0. The van der Waals surface area contributed by atoms with E-state index in [1.165, 1.54) is 6.20 Å². The zero-order valence-corrected chi connectivity index (χ0v) is 15.3. The number of likely N-dealkylation sites (tertiary alicyclic amines) is 1. The molecule has 144 valence electrons. The third-order valence-corrected chi connectivity index (χ3v) is 4.78. The summed E-state index contributed by atoms with van der Waals surface area (Å²) in [5.74, 6) is 0. The van der Waals surface area contributed by atoms with Crippen LogP contribution in [0, 0.1) is 5.41 Å². The molecule has 1 aromatic heterocycles. The average molecular weight is 371 g/mol. The predicted molar refractivity (Wildman–Crippen MR) is 90.9 cm³/mol. The molecule has 1 spiro atoms. The Balaban J connectivity index is 1.65. The third-order valence-electron chi connectivity index (χ3n) is 4.78. The van der Waals surface area contributed by atoms with Crippen molar-refractivity contribution in [3.63, 3.8) is 0 Å². The molecular formula is C18H24F3N3O2. The Kier molecular flexibility index (Phi) is 4.56. The summed E-state index contributed by atoms with van der Waals surface area (Å²) in [4.78, 5) is 19.5. The van der Waals surface area contributed by atoms with Crippen molar-refractivity contribution >= 4 is 11.8 Å². The molecule has 0 unspecified atom stereocenters. The largest absolute Gasteiger partial charge is 0.444 e. The lowest BCUT2D eigenvalue weighted by molar-refractivity contribution is -0.137. The Labute approximate surface area is 151 Å². The van der Waals surface area contributed by atoms with Gasteiger partial charge in [-0.05, 0) is 39.7 Å². The zero-order valence-electron chi connectivity index (χ0n) is 15.3. The van der Waals surface area contributed by atoms with E-state index in [0.717, 1.165) is 25.1 Å². The van der Waals surface area contributed by atoms with Crippen molar-refractivity contribution in [1.29, 1.82) is 0 Å². The molecule has 2 aliphatic rings. The lowest BCUT2D eigenvalue weighted by Gasteiger charge is -2.54. The van der Waals surface area contributed by atoms with Crippen molar-refractivity contribution in [1.82, 2.24) is 9.88 Å². The number of anilines is 1. The van der Waals surface area contributed by atoms with E-state index in [4.69, 9.17) is 4.74 Å². The number of alkyl halides is 3. The van der Waals surface area contributed by atoms with E-state index in [9.17, 15) is 18.0 Å². The van der Waals surface area contributed by atoms with E-state index in [2.05, 4.69) is 4.98 Å². The number of carbonyl (C=O) groups is 1. The molecule has 0 N–H and O–H groups in total. The SMILES string of the molecule is CC(C)(C)OC(=O)N1CC2(CCCN(c3cncc(C(F)(F)F)c3)C2)C1. The molecular weight excluding hydrogens is 347 g/mol. The maximum absolute atomic E-state index is 12.9. The molecule has 8 heteroatoms. The number of hydrogen-bond acceptors (Lipinski definition) is 4. The van der Waals surface area contributed by atoms with Gasteiger partial charge in [0.2, 0.25) is 0 Å². The molecule has 2 aliphatic heterocycles. The van der Waals surface area contributed by atoms with E-state index in [1.54, 1.807) is 4.90 Å². The summed E-state index contributed by atoms with van der Waals surface area (Å²) >= 11 is 0. The monoisotopic (exact) mass is 371 g/mol. The van der Waals surface area contributed by atoms with Crippen molar-refractivity contribution in [2.75, 3.05) is 31.1 Å². The van der Waals surface area contributed by atoms with Crippen molar-refractivity contribution in [2.45, 2.75) is 45.4 Å². The second kappa shape index (κ2) is 6.32. The van der Waals surface area contributed by atoms with Crippen molar-refractivity contribution in [3.8, 4) is 0 Å². The topological polar surface area (TPSA) is 45.7 Å². The van der Waals surface area contributed by atoms with E-state index >= 15 is 0 Å². The molecule has 3 heterocycles. The van der Waals surface area contributed by atoms with Gasteiger partial charge in [-0.1, -0.05) is 0 Å². The normalized spacial score (nSPS) is 20.1. The fraction of sp³-hybridized carbons (Fsp3) is 0.667. The molecule has 2 saturated heterocycles. The van der Waals surface area contributed by atoms with Gasteiger partial charge in [0.05, 0.1) is 17.4 Å². The lowest BCUT2D eigenvalue weighted by atomic mass is 9.73. The van der Waals surface area contributed by atoms with Crippen LogP contribution in [0.15, 0.2) is 18.5 Å². The van der Waals surface area contributed by atoms with Gasteiger partial charge in [-0.15, -0.1) is 0 Å². The minimum atomic E-state index is -4.40. The number of rotatable bonds is 1. The number of aromatic nitrogens is 1. The summed E-state index contributed by atoms with van der Waals surface area (Å²) in [5, 5.41) is 0. The molecule has 0 bridgehead atoms. The van der Waals surface area contributed by atoms with Gasteiger partial charge in [0.25, 0.3) is 0 Å². The summed E-state index contributed by atoms with van der Waals surface area (Å²) in [6.45, 7) is 7.93. The van der Waals surface area contributed by atoms with Crippen LogP contribution in [0.2, 0.25) is 0 Å². The van der Waals surface area contributed by atoms with Crippen LogP contribution in [0.4, 0.5) is 23.7 Å². The highest BCUT2D eigenvalue weighted by molar-refractivity contribution is 5.69. The van der Waals surface area contributed by atoms with Crippen LogP contribution in [0.3, 0.4) is 0 Å². The van der Waals surface area contributed by atoms with Gasteiger partial charge >= 0.3 is 12.3 Å². The van der Waals surface area contributed by atoms with Crippen LogP contribution in [0.1, 0.15) is 39.2 Å². The number of carbonyl (C=O) groups excluding carboxylic acids is 1. The average Bonchev–Trinajstić information content (AvgIpc) is 2.50. The second-order valence-electron chi connectivity index (χ2n) is 8.29. The molecule has 26 heavy (non-hydrogen) atoms. The van der Waals surface area contributed by atoms with Gasteiger partial charge in [0, 0.05) is 37.8 Å². The van der Waals surface area contributed by atoms with Gasteiger partial charge < -0.3 is 14.5 Å². The molecule has 0 radical (unpaired) electrons. The summed E-state index contributed by atoms with van der Waals surface area (Å²) in [6, 6.07) is 1.15. The molecule has 0 aromatic carbocycles. The van der Waals surface area contributed by atoms with E-state index < -0.39 is 17.3 Å². The van der Waals surface area contributed by atoms with Gasteiger partial charge in [-0.25, -0.2) is 4.79 Å². The van der Waals surface area contributed by atoms with Crippen LogP contribution in [0.5, 0.6) is 0 Å². The standard InChI is InChI=1S/C18H24F3N3O2/c1-16(2,3)26-15(25)24-11-17(12-24)5-4-6-23(10-17)14-7-13(8-22-9-14)18(19,20)21/h7-9H,4-6,10-12H2,1-3H3. The van der Waals surface area contributed by atoms with Crippen molar-refractivity contribution < 1.29 is 22.7 Å². The first-order valence-electron chi connectivity index (χ1n) is 8.73. The Bertz CT molecular complexity index is 679. The van der Waals surface area contributed by atoms with Crippen molar-refractivity contribution in [3.05, 3.63) is 24.0 Å². The van der Waals surface area contributed by atoms with Crippen LogP contribution >= 0.6 is 0 Å². The minimum absolute atomic E-state index is 0.0800. The summed E-state index contributed by atoms with van der Waals surface area (Å²) in [5.41, 5.74) is -0.876. The van der Waals surface area contributed by atoms with Crippen LogP contribution in [-0.2, 0) is 10.9 Å². The molecule has 0 aliphatic carbocycles. The quantitative estimate of drug-likeness (QED) is 0.750. The summed E-state index contributed by atoms with van der Waals surface area (Å²) in [6.07, 6.45) is -0.593. The fourth-order valence-electron chi connectivity index (χ4n) is 3.66. The molecule has 3 rings (SSSR count). The number of piperidine rings is 1. The van der Waals surface area contributed by atoms with Gasteiger partial charge in [0.15, 0.2) is 0 Å². The molecule has 2 fully saturated rings. The lowest BCUT2D eigenvalue weighted by Crippen LogP contribution is -2.64. The number of pyridine rings is 1. The maximum Gasteiger partial charge on any atom is 0.417 e. The van der Waals surface area contributed by atoms with Crippen LogP contribution in [-0.4, -0.2) is 47.8 Å². The van der Waals surface area contributed by atoms with Crippen molar-refractivity contribution in [2.24, 2.45) is 5.41 Å². The van der Waals surface area contributed by atoms with Gasteiger partial charge in [-0.3, -0.25) is 4.98 Å². The summed E-state index contributed by atoms with van der Waals surface area (Å²) in [7, 11) is 0. The third kappa shape index (κ3) is 4.04. The highest BCUT2D eigenvalue weighted by Gasteiger charge is 2.48. The first-order valence-corrected chi connectivity index (χ1v) is 8.73. The Morgan fingerprint density at radius 2 is 1.88 bits per heavy atom. The first kappa shape index (κ1) is 18.8. The Hall–Kier alpha value is -1.99. The molecule has 5 nitrogen and oxygen atoms in total. The first-order chi connectivity index (χ1) is 12.0. The molecule has 0 atom stereocenters. The van der Waals surface area contributed by atoms with E-state index in [0.29, 0.717) is 31.9 Å². The van der Waals surface area contributed by atoms with Crippen LogP contribution < -0.4 is 4.90 Å². The minimum Gasteiger partial charge on any atom is -0.444 e. The van der Waals surface area contributed by atoms with E-state index in [-0.39, 0.29) is 11.5 Å². The highest BCUT2D eigenvalue weighted by atomic mass is 19.4. The number of halogens is 3. The van der Waals surface area contributed by atoms with Crippen LogP contribution in [0.25, 0.3) is 0 Å². The fourth-order valence-corrected chi connectivity index (χ4v) is 3.66. The predicted octanol–water partition coefficient (Wildman–Crippen LogP) is 3.94. The molecule has 1 aromatic rings. The van der Waals surface area contributed by atoms with Gasteiger partial charge in [-0.2, -0.15) is 13.2 Å². The highest BCUT2D eigenvalue weighted by Crippen LogP contribution is 2.41. The molecule has 0 saturated carbocycles. The Morgan fingerprint density at radius 3 is 2.50 bits per heavy atom.